The Kier molecular flexibility index (Phi) is 5.51. The predicted octanol–water partition coefficient (Wildman–Crippen LogP) is 5.45. The number of aryl methyl sites for hydroxylation is 1. The van der Waals surface area contributed by atoms with E-state index < -0.39 is 10.0 Å². The number of carbonyl (C=O) groups excluding carboxylic acids is 1. The van der Waals surface area contributed by atoms with Crippen LogP contribution in [0.5, 0.6) is 0 Å². The number of halogens is 2. The fourth-order valence-corrected chi connectivity index (χ4v) is 6.49. The second-order valence-electron chi connectivity index (χ2n) is 7.96. The van der Waals surface area contributed by atoms with E-state index in [0.717, 1.165) is 34.1 Å². The van der Waals surface area contributed by atoms with Gasteiger partial charge >= 0.3 is 0 Å². The second-order valence-corrected chi connectivity index (χ2v) is 11.2. The maximum Gasteiger partial charge on any atom is 0.264 e. The Balaban J connectivity index is 1.46. The van der Waals surface area contributed by atoms with Crippen LogP contribution in [0.4, 0.5) is 11.4 Å². The van der Waals surface area contributed by atoms with Gasteiger partial charge in [0.05, 0.1) is 10.6 Å². The first kappa shape index (κ1) is 21.5. The Labute approximate surface area is 200 Å². The molecule has 0 spiro atoms. The summed E-state index contributed by atoms with van der Waals surface area (Å²) in [5.74, 6) is -0.0634. The van der Waals surface area contributed by atoms with Gasteiger partial charge in [-0.3, -0.25) is 9.10 Å². The van der Waals surface area contributed by atoms with E-state index in [4.69, 9.17) is 11.6 Å². The lowest BCUT2D eigenvalue weighted by Crippen LogP contribution is -2.36. The first-order valence-electron chi connectivity index (χ1n) is 10.4. The number of rotatable bonds is 3. The zero-order valence-electron chi connectivity index (χ0n) is 17.1. The topological polar surface area (TPSA) is 57.7 Å². The van der Waals surface area contributed by atoms with Crippen LogP contribution in [0.1, 0.15) is 27.9 Å². The lowest BCUT2D eigenvalue weighted by atomic mass is 10.00. The molecule has 0 unspecified atom stereocenters. The van der Waals surface area contributed by atoms with Crippen molar-refractivity contribution in [3.63, 3.8) is 0 Å². The van der Waals surface area contributed by atoms with E-state index in [1.165, 1.54) is 16.4 Å². The van der Waals surface area contributed by atoms with Gasteiger partial charge in [0.2, 0.25) is 0 Å². The first-order chi connectivity index (χ1) is 15.3. The van der Waals surface area contributed by atoms with Gasteiger partial charge in [0, 0.05) is 33.8 Å². The van der Waals surface area contributed by atoms with Crippen LogP contribution in [0.25, 0.3) is 0 Å². The Morgan fingerprint density at radius 2 is 1.59 bits per heavy atom. The Bertz CT molecular complexity index is 1330. The summed E-state index contributed by atoms with van der Waals surface area (Å²) in [5, 5.41) is 0.488. The molecule has 0 atom stereocenters. The molecule has 2 heterocycles. The van der Waals surface area contributed by atoms with Crippen LogP contribution in [0, 0.1) is 0 Å². The van der Waals surface area contributed by atoms with Gasteiger partial charge < -0.3 is 4.90 Å². The third-order valence-electron chi connectivity index (χ3n) is 5.99. The number of nitrogens with zero attached hydrogens (tertiary/aromatic N) is 2. The highest BCUT2D eigenvalue weighted by Crippen LogP contribution is 2.35. The van der Waals surface area contributed by atoms with Crippen molar-refractivity contribution in [1.82, 2.24) is 0 Å². The standard InChI is InChI=1S/C24H20BrClN2O3S/c25-19-4-10-22-17(15-19)11-13-27(22)24(29)18-3-9-23-16(14-18)2-1-12-28(23)32(30,31)21-7-5-20(26)6-8-21/h3-10,14-15H,1-2,11-13H2. The minimum Gasteiger partial charge on any atom is -0.308 e. The van der Waals surface area contributed by atoms with E-state index in [2.05, 4.69) is 22.0 Å². The number of benzene rings is 3. The molecule has 3 aromatic carbocycles. The molecule has 2 aliphatic rings. The van der Waals surface area contributed by atoms with Gasteiger partial charge in [0.25, 0.3) is 15.9 Å². The van der Waals surface area contributed by atoms with Gasteiger partial charge in [0.1, 0.15) is 0 Å². The molecule has 5 nitrogen and oxygen atoms in total. The summed E-state index contributed by atoms with van der Waals surface area (Å²) in [4.78, 5) is 15.3. The van der Waals surface area contributed by atoms with Gasteiger partial charge in [-0.2, -0.15) is 0 Å². The highest BCUT2D eigenvalue weighted by Gasteiger charge is 2.31. The average molecular weight is 532 g/mol. The van der Waals surface area contributed by atoms with Crippen molar-refractivity contribution >= 4 is 54.8 Å². The molecule has 0 saturated carbocycles. The predicted molar refractivity (Wildman–Crippen MR) is 130 cm³/mol. The number of hydrogen-bond donors (Lipinski definition) is 0. The van der Waals surface area contributed by atoms with Crippen LogP contribution in [0.2, 0.25) is 5.02 Å². The molecule has 5 rings (SSSR count). The van der Waals surface area contributed by atoms with Crippen molar-refractivity contribution < 1.29 is 13.2 Å². The van der Waals surface area contributed by atoms with Crippen LogP contribution in [-0.2, 0) is 22.9 Å². The summed E-state index contributed by atoms with van der Waals surface area (Å²) < 4.78 is 29.0. The molecule has 0 radical (unpaired) electrons. The molecule has 0 aromatic heterocycles. The largest absolute Gasteiger partial charge is 0.308 e. The average Bonchev–Trinajstić information content (AvgIpc) is 3.21. The normalized spacial score (nSPS) is 15.4. The number of hydrogen-bond acceptors (Lipinski definition) is 3. The quantitative estimate of drug-likeness (QED) is 0.452. The summed E-state index contributed by atoms with van der Waals surface area (Å²) >= 11 is 9.41. The molecule has 0 saturated heterocycles. The van der Waals surface area contributed by atoms with Crippen LogP contribution in [0.15, 0.2) is 70.0 Å². The molecule has 3 aromatic rings. The van der Waals surface area contributed by atoms with Crippen LogP contribution < -0.4 is 9.21 Å². The minimum absolute atomic E-state index is 0.0634. The minimum atomic E-state index is -3.71. The zero-order valence-corrected chi connectivity index (χ0v) is 20.3. The van der Waals surface area contributed by atoms with E-state index >= 15 is 0 Å². The van der Waals surface area contributed by atoms with E-state index in [1.807, 2.05) is 18.2 Å². The lowest BCUT2D eigenvalue weighted by Gasteiger charge is -2.31. The lowest BCUT2D eigenvalue weighted by molar-refractivity contribution is 0.0989. The smallest absolute Gasteiger partial charge is 0.264 e. The number of amides is 1. The van der Waals surface area contributed by atoms with Crippen molar-refractivity contribution in [2.45, 2.75) is 24.2 Å². The van der Waals surface area contributed by atoms with Gasteiger partial charge in [-0.05, 0) is 91.1 Å². The number of anilines is 2. The molecule has 1 amide bonds. The van der Waals surface area contributed by atoms with Crippen molar-refractivity contribution in [3.8, 4) is 0 Å². The van der Waals surface area contributed by atoms with Gasteiger partial charge in [-0.15, -0.1) is 0 Å². The maximum atomic E-state index is 13.3. The van der Waals surface area contributed by atoms with E-state index in [-0.39, 0.29) is 10.8 Å². The SMILES string of the molecule is O=C(c1ccc2c(c1)CCCN2S(=O)(=O)c1ccc(Cl)cc1)N1CCc2cc(Br)ccc21. The van der Waals surface area contributed by atoms with E-state index in [9.17, 15) is 13.2 Å². The molecule has 0 bridgehead atoms. The van der Waals surface area contributed by atoms with Crippen LogP contribution in [-0.4, -0.2) is 27.4 Å². The number of fused-ring (bicyclic) bond motifs is 2. The molecule has 8 heteroatoms. The third kappa shape index (κ3) is 3.72. The molecule has 0 fully saturated rings. The summed E-state index contributed by atoms with van der Waals surface area (Å²) in [6.07, 6.45) is 2.24. The Hall–Kier alpha value is -2.35. The Morgan fingerprint density at radius 3 is 2.38 bits per heavy atom. The van der Waals surface area contributed by atoms with Crippen LogP contribution in [0.3, 0.4) is 0 Å². The number of sulfonamides is 1. The monoisotopic (exact) mass is 530 g/mol. The molecule has 0 aliphatic carbocycles. The fraction of sp³-hybridized carbons (Fsp3) is 0.208. The van der Waals surface area contributed by atoms with E-state index in [1.54, 1.807) is 29.2 Å². The second kappa shape index (κ2) is 8.21. The van der Waals surface area contributed by atoms with Crippen LogP contribution >= 0.6 is 27.5 Å². The van der Waals surface area contributed by atoms with Gasteiger partial charge in [-0.1, -0.05) is 27.5 Å². The molecular weight excluding hydrogens is 512 g/mol. The fourth-order valence-electron chi connectivity index (χ4n) is 4.42. The van der Waals surface area contributed by atoms with Crippen molar-refractivity contribution in [1.29, 1.82) is 0 Å². The van der Waals surface area contributed by atoms with Crippen molar-refractivity contribution in [3.05, 3.63) is 86.8 Å². The third-order valence-corrected chi connectivity index (χ3v) is 8.56. The van der Waals surface area contributed by atoms with E-state index in [0.29, 0.717) is 35.8 Å². The van der Waals surface area contributed by atoms with Gasteiger partial charge in [-0.25, -0.2) is 8.42 Å². The summed E-state index contributed by atoms with van der Waals surface area (Å²) in [5.41, 5.74) is 4.16. The zero-order chi connectivity index (χ0) is 22.5. The summed E-state index contributed by atoms with van der Waals surface area (Å²) in [6.45, 7) is 1.04. The summed E-state index contributed by atoms with van der Waals surface area (Å²) in [7, 11) is -3.71. The highest BCUT2D eigenvalue weighted by molar-refractivity contribution is 9.10. The maximum absolute atomic E-state index is 13.3. The molecule has 0 N–H and O–H groups in total. The highest BCUT2D eigenvalue weighted by atomic mass is 79.9. The molecule has 32 heavy (non-hydrogen) atoms. The molecular formula is C24H20BrClN2O3S. The van der Waals surface area contributed by atoms with Crippen molar-refractivity contribution in [2.24, 2.45) is 0 Å². The Morgan fingerprint density at radius 1 is 0.875 bits per heavy atom. The first-order valence-corrected chi connectivity index (χ1v) is 13.0. The van der Waals surface area contributed by atoms with Gasteiger partial charge in [0.15, 0.2) is 0 Å². The van der Waals surface area contributed by atoms with Crippen molar-refractivity contribution in [2.75, 3.05) is 22.3 Å². The summed E-state index contributed by atoms with van der Waals surface area (Å²) in [6, 6.07) is 17.5. The number of carbonyl (C=O) groups is 1. The molecule has 164 valence electrons. The molecule has 2 aliphatic heterocycles.